The molecule has 0 atom stereocenters. The molecule has 0 fully saturated rings. The van der Waals surface area contributed by atoms with E-state index in [0.717, 1.165) is 18.6 Å². The third-order valence-electron chi connectivity index (χ3n) is 2.23. The van der Waals surface area contributed by atoms with Gasteiger partial charge in [-0.1, -0.05) is 13.3 Å². The van der Waals surface area contributed by atoms with Crippen molar-refractivity contribution in [1.82, 2.24) is 0 Å². The zero-order chi connectivity index (χ0) is 14.7. The molecule has 10 heteroatoms. The number of phenolic OH excluding ortho intramolecular Hbond substituents is 1. The maximum atomic E-state index is 11.7. The molecule has 0 aliphatic heterocycles. The first-order valence-corrected chi connectivity index (χ1v) is 8.23. The standard InChI is InChI=1S/C10H14O7S2.Na.H/c1-2-3-6-17-19(15,16)8-4-5-9(11)10(7-8)18(12,13)14;;/h4-5,7,11H,2-3,6H2,1H3,(H,12,13,14);;. The van der Waals surface area contributed by atoms with E-state index < -0.39 is 35.8 Å². The van der Waals surface area contributed by atoms with Crippen molar-refractivity contribution in [2.45, 2.75) is 29.6 Å². The molecule has 0 aromatic heterocycles. The molecule has 2 N–H and O–H groups in total. The molecule has 1 rings (SSSR count). The number of benzene rings is 1. The Kier molecular flexibility index (Phi) is 7.67. The summed E-state index contributed by atoms with van der Waals surface area (Å²) < 4.78 is 58.9. The van der Waals surface area contributed by atoms with Crippen LogP contribution in [0.25, 0.3) is 0 Å². The van der Waals surface area contributed by atoms with E-state index in [1.807, 2.05) is 6.92 Å². The number of hydrogen-bond donors (Lipinski definition) is 2. The fraction of sp³-hybridized carbons (Fsp3) is 0.400. The molecule has 0 aliphatic rings. The molecule has 0 heterocycles. The van der Waals surface area contributed by atoms with Crippen LogP contribution in [0.5, 0.6) is 5.75 Å². The second-order valence-corrected chi connectivity index (χ2v) is 6.74. The SMILES string of the molecule is CCCCOS(=O)(=O)c1ccc(O)c(S(=O)(=O)O)c1.[NaH]. The molecule has 0 radical (unpaired) electrons. The summed E-state index contributed by atoms with van der Waals surface area (Å²) in [6, 6.07) is 2.50. The van der Waals surface area contributed by atoms with Crippen molar-refractivity contribution in [3.63, 3.8) is 0 Å². The molecule has 0 saturated heterocycles. The Labute approximate surface area is 140 Å². The fourth-order valence-electron chi connectivity index (χ4n) is 1.24. The first kappa shape index (κ1) is 19.8. The van der Waals surface area contributed by atoms with Gasteiger partial charge in [0.15, 0.2) is 0 Å². The summed E-state index contributed by atoms with van der Waals surface area (Å²) in [6.45, 7) is 1.83. The van der Waals surface area contributed by atoms with Gasteiger partial charge in [0.25, 0.3) is 20.2 Å². The molecule has 7 nitrogen and oxygen atoms in total. The summed E-state index contributed by atoms with van der Waals surface area (Å²) in [4.78, 5) is -1.33. The van der Waals surface area contributed by atoms with Crippen molar-refractivity contribution in [3.8, 4) is 5.75 Å². The summed E-state index contributed by atoms with van der Waals surface area (Å²) >= 11 is 0. The van der Waals surface area contributed by atoms with Crippen LogP contribution in [-0.4, -0.2) is 62.7 Å². The summed E-state index contributed by atoms with van der Waals surface area (Å²) in [7, 11) is -8.83. The predicted octanol–water partition coefficient (Wildman–Crippen LogP) is 0.496. The second-order valence-electron chi connectivity index (χ2n) is 3.73. The quantitative estimate of drug-likeness (QED) is 0.336. The number of aromatic hydroxyl groups is 1. The average molecular weight is 334 g/mol. The number of rotatable bonds is 6. The Hall–Kier alpha value is -0.160. The van der Waals surface area contributed by atoms with Gasteiger partial charge >= 0.3 is 29.6 Å². The van der Waals surface area contributed by atoms with E-state index in [0.29, 0.717) is 12.5 Å². The molecular formula is C10H15NaO7S2. The van der Waals surface area contributed by atoms with Gasteiger partial charge in [-0.25, -0.2) is 0 Å². The summed E-state index contributed by atoms with van der Waals surface area (Å²) in [6.07, 6.45) is 1.27. The minimum atomic E-state index is -4.71. The molecule has 20 heavy (non-hydrogen) atoms. The van der Waals surface area contributed by atoms with Crippen LogP contribution >= 0.6 is 0 Å². The Morgan fingerprint density at radius 2 is 1.80 bits per heavy atom. The summed E-state index contributed by atoms with van der Waals surface area (Å²) in [5.41, 5.74) is 0. The van der Waals surface area contributed by atoms with Gasteiger partial charge in [-0.05, 0) is 24.6 Å². The topological polar surface area (TPSA) is 118 Å². The fourth-order valence-corrected chi connectivity index (χ4v) is 2.89. The van der Waals surface area contributed by atoms with Crippen molar-refractivity contribution in [2.24, 2.45) is 0 Å². The molecule has 0 unspecified atom stereocenters. The van der Waals surface area contributed by atoms with E-state index >= 15 is 0 Å². The Bertz CT molecular complexity index is 652. The van der Waals surface area contributed by atoms with Crippen LogP contribution in [0.3, 0.4) is 0 Å². The van der Waals surface area contributed by atoms with E-state index in [9.17, 15) is 21.9 Å². The molecule has 0 bridgehead atoms. The number of unbranched alkanes of at least 4 members (excludes halogenated alkanes) is 1. The summed E-state index contributed by atoms with van der Waals surface area (Å²) in [5.74, 6) is -0.741. The average Bonchev–Trinajstić information content (AvgIpc) is 2.27. The molecule has 0 amide bonds. The molecule has 1 aromatic carbocycles. The van der Waals surface area contributed by atoms with Gasteiger partial charge in [0.05, 0.1) is 11.5 Å². The first-order chi connectivity index (χ1) is 8.68. The van der Waals surface area contributed by atoms with Gasteiger partial charge in [-0.3, -0.25) is 8.74 Å². The van der Waals surface area contributed by atoms with Gasteiger partial charge in [-0.2, -0.15) is 16.8 Å². The third kappa shape index (κ3) is 5.32. The van der Waals surface area contributed by atoms with Gasteiger partial charge in [0.2, 0.25) is 0 Å². The molecular weight excluding hydrogens is 319 g/mol. The molecule has 0 aliphatic carbocycles. The first-order valence-electron chi connectivity index (χ1n) is 5.38. The van der Waals surface area contributed by atoms with Crippen molar-refractivity contribution < 1.29 is 30.7 Å². The van der Waals surface area contributed by atoms with Gasteiger partial charge in [-0.15, -0.1) is 0 Å². The minimum absolute atomic E-state index is 0. The van der Waals surface area contributed by atoms with Crippen LogP contribution in [-0.2, 0) is 24.4 Å². The monoisotopic (exact) mass is 334 g/mol. The van der Waals surface area contributed by atoms with E-state index in [2.05, 4.69) is 4.18 Å². The zero-order valence-electron chi connectivity index (χ0n) is 10.1. The van der Waals surface area contributed by atoms with Crippen LogP contribution in [0.4, 0.5) is 0 Å². The van der Waals surface area contributed by atoms with Crippen LogP contribution in [0.15, 0.2) is 28.0 Å². The van der Waals surface area contributed by atoms with Crippen molar-refractivity contribution >= 4 is 49.8 Å². The molecule has 0 saturated carbocycles. The van der Waals surface area contributed by atoms with Crippen LogP contribution in [0.2, 0.25) is 0 Å². The number of hydrogen-bond acceptors (Lipinski definition) is 6. The molecule has 1 aromatic rings. The Balaban J connectivity index is 0.00000361. The third-order valence-corrected chi connectivity index (χ3v) is 4.43. The molecule has 110 valence electrons. The van der Waals surface area contributed by atoms with E-state index in [-0.39, 0.29) is 36.2 Å². The van der Waals surface area contributed by atoms with Gasteiger partial charge in [0, 0.05) is 0 Å². The van der Waals surface area contributed by atoms with E-state index in [1.54, 1.807) is 0 Å². The Morgan fingerprint density at radius 1 is 1.20 bits per heavy atom. The second kappa shape index (κ2) is 7.74. The molecule has 0 spiro atoms. The van der Waals surface area contributed by atoms with Crippen LogP contribution in [0.1, 0.15) is 19.8 Å². The van der Waals surface area contributed by atoms with E-state index in [1.165, 1.54) is 0 Å². The van der Waals surface area contributed by atoms with Crippen LogP contribution < -0.4 is 0 Å². The van der Waals surface area contributed by atoms with Crippen LogP contribution in [0, 0.1) is 0 Å². The van der Waals surface area contributed by atoms with Crippen molar-refractivity contribution in [1.29, 1.82) is 0 Å². The van der Waals surface area contributed by atoms with E-state index in [4.69, 9.17) is 4.55 Å². The predicted molar refractivity (Wildman–Crippen MR) is 73.1 cm³/mol. The van der Waals surface area contributed by atoms with Gasteiger partial charge in [0.1, 0.15) is 10.6 Å². The zero-order valence-corrected chi connectivity index (χ0v) is 11.7. The maximum absolute atomic E-state index is 11.7. The summed E-state index contributed by atoms with van der Waals surface area (Å²) in [5, 5.41) is 9.28. The van der Waals surface area contributed by atoms with Gasteiger partial charge < -0.3 is 5.11 Å². The Morgan fingerprint density at radius 3 is 2.30 bits per heavy atom. The van der Waals surface area contributed by atoms with Crippen molar-refractivity contribution in [3.05, 3.63) is 18.2 Å². The number of phenols is 1. The van der Waals surface area contributed by atoms with Crippen molar-refractivity contribution in [2.75, 3.05) is 6.61 Å². The normalized spacial score (nSPS) is 11.9.